The van der Waals surface area contributed by atoms with E-state index in [1.54, 1.807) is 0 Å². The van der Waals surface area contributed by atoms with Gasteiger partial charge in [-0.2, -0.15) is 8.78 Å². The summed E-state index contributed by atoms with van der Waals surface area (Å²) in [5.74, 6) is -2.85. The van der Waals surface area contributed by atoms with E-state index in [2.05, 4.69) is 6.92 Å². The van der Waals surface area contributed by atoms with E-state index in [1.807, 2.05) is 6.92 Å². The molecule has 0 radical (unpaired) electrons. The number of benzene rings is 1. The average molecular weight is 326 g/mol. The van der Waals surface area contributed by atoms with E-state index in [-0.39, 0.29) is 17.4 Å². The Kier molecular flexibility index (Phi) is 6.37. The molecule has 0 bridgehead atoms. The third-order valence-electron chi connectivity index (χ3n) is 4.44. The lowest BCUT2D eigenvalue weighted by Gasteiger charge is -2.26. The van der Waals surface area contributed by atoms with Crippen molar-refractivity contribution in [1.82, 2.24) is 0 Å². The molecule has 1 aliphatic rings. The minimum absolute atomic E-state index is 0.160. The van der Waals surface area contributed by atoms with Crippen LogP contribution in [0.2, 0.25) is 0 Å². The molecule has 0 spiro atoms. The molecule has 0 saturated heterocycles. The molecule has 1 fully saturated rings. The second kappa shape index (κ2) is 8.27. The van der Waals surface area contributed by atoms with Gasteiger partial charge in [0, 0.05) is 0 Å². The zero-order chi connectivity index (χ0) is 16.8. The quantitative estimate of drug-likeness (QED) is 0.552. The van der Waals surface area contributed by atoms with E-state index in [0.29, 0.717) is 18.9 Å². The molecule has 1 aromatic rings. The van der Waals surface area contributed by atoms with Crippen molar-refractivity contribution in [2.75, 3.05) is 6.61 Å². The van der Waals surface area contributed by atoms with E-state index in [9.17, 15) is 13.6 Å². The highest BCUT2D eigenvalue weighted by Gasteiger charge is 2.28. The second-order valence-electron chi connectivity index (χ2n) is 6.09. The predicted molar refractivity (Wildman–Crippen MR) is 83.5 cm³/mol. The van der Waals surface area contributed by atoms with Gasteiger partial charge >= 0.3 is 5.97 Å². The standard InChI is InChI=1S/C18H24F2O3/c1-3-11-22-14-9-10-15(17(20)16(14)19)23-18(21)13-7-5-12(4-2)6-8-13/h9-10,12-13H,3-8,11H2,1-2H3. The van der Waals surface area contributed by atoms with Crippen molar-refractivity contribution in [3.63, 3.8) is 0 Å². The maximum atomic E-state index is 14.0. The zero-order valence-corrected chi connectivity index (χ0v) is 13.7. The van der Waals surface area contributed by atoms with Crippen LogP contribution in [0.4, 0.5) is 8.78 Å². The molecule has 0 unspecified atom stereocenters. The molecule has 1 aliphatic carbocycles. The maximum Gasteiger partial charge on any atom is 0.314 e. The Morgan fingerprint density at radius 1 is 1.09 bits per heavy atom. The van der Waals surface area contributed by atoms with Crippen molar-refractivity contribution >= 4 is 5.97 Å². The topological polar surface area (TPSA) is 35.5 Å². The highest BCUT2D eigenvalue weighted by molar-refractivity contribution is 5.75. The molecule has 128 valence electrons. The summed E-state index contributed by atoms with van der Waals surface area (Å²) in [5.41, 5.74) is 0. The monoisotopic (exact) mass is 326 g/mol. The second-order valence-corrected chi connectivity index (χ2v) is 6.09. The van der Waals surface area contributed by atoms with Gasteiger partial charge < -0.3 is 9.47 Å². The fraction of sp³-hybridized carbons (Fsp3) is 0.611. The van der Waals surface area contributed by atoms with Crippen molar-refractivity contribution in [1.29, 1.82) is 0 Å². The summed E-state index contributed by atoms with van der Waals surface area (Å²) in [7, 11) is 0. The molecule has 0 amide bonds. The molecule has 3 nitrogen and oxygen atoms in total. The number of esters is 1. The van der Waals surface area contributed by atoms with Crippen molar-refractivity contribution in [3.05, 3.63) is 23.8 Å². The van der Waals surface area contributed by atoms with Crippen LogP contribution >= 0.6 is 0 Å². The molecule has 0 aliphatic heterocycles. The first-order chi connectivity index (χ1) is 11.1. The van der Waals surface area contributed by atoms with Gasteiger partial charge in [-0.15, -0.1) is 0 Å². The molecule has 0 atom stereocenters. The lowest BCUT2D eigenvalue weighted by atomic mass is 9.81. The Labute approximate surface area is 136 Å². The maximum absolute atomic E-state index is 14.0. The van der Waals surface area contributed by atoms with Crippen LogP contribution < -0.4 is 9.47 Å². The number of hydrogen-bond donors (Lipinski definition) is 0. The minimum Gasteiger partial charge on any atom is -0.490 e. The van der Waals surface area contributed by atoms with Crippen LogP contribution in [0.3, 0.4) is 0 Å². The van der Waals surface area contributed by atoms with Crippen LogP contribution in [0.1, 0.15) is 52.4 Å². The number of hydrogen-bond acceptors (Lipinski definition) is 3. The molecule has 0 heterocycles. The predicted octanol–water partition coefficient (Wildman–Crippen LogP) is 4.88. The molecule has 0 N–H and O–H groups in total. The number of rotatable bonds is 6. The summed E-state index contributed by atoms with van der Waals surface area (Å²) >= 11 is 0. The van der Waals surface area contributed by atoms with Crippen molar-refractivity contribution in [2.24, 2.45) is 11.8 Å². The molecule has 2 rings (SSSR count). The molecule has 0 aromatic heterocycles. The third-order valence-corrected chi connectivity index (χ3v) is 4.44. The summed E-state index contributed by atoms with van der Waals surface area (Å²) in [6, 6.07) is 2.55. The molecular formula is C18H24F2O3. The van der Waals surface area contributed by atoms with Crippen LogP contribution in [-0.2, 0) is 4.79 Å². The summed E-state index contributed by atoms with van der Waals surface area (Å²) in [6.45, 7) is 4.32. The van der Waals surface area contributed by atoms with Crippen LogP contribution in [-0.4, -0.2) is 12.6 Å². The molecule has 1 aromatic carbocycles. The average Bonchev–Trinajstić information content (AvgIpc) is 2.58. The molecule has 5 heteroatoms. The molecule has 23 heavy (non-hydrogen) atoms. The fourth-order valence-corrected chi connectivity index (χ4v) is 2.91. The summed E-state index contributed by atoms with van der Waals surface area (Å²) in [6.07, 6.45) is 5.27. The van der Waals surface area contributed by atoms with E-state index in [1.165, 1.54) is 12.1 Å². The normalized spacial score (nSPS) is 21.0. The minimum atomic E-state index is -1.17. The Hall–Kier alpha value is -1.65. The summed E-state index contributed by atoms with van der Waals surface area (Å²) in [4.78, 5) is 12.1. The Morgan fingerprint density at radius 2 is 1.70 bits per heavy atom. The SMILES string of the molecule is CCCOc1ccc(OC(=O)C2CCC(CC)CC2)c(F)c1F. The third kappa shape index (κ3) is 4.43. The van der Waals surface area contributed by atoms with Crippen LogP contribution in [0, 0.1) is 23.5 Å². The van der Waals surface area contributed by atoms with Crippen LogP contribution in [0.5, 0.6) is 11.5 Å². The number of carbonyl (C=O) groups is 1. The largest absolute Gasteiger partial charge is 0.490 e. The van der Waals surface area contributed by atoms with Crippen molar-refractivity contribution < 1.29 is 23.0 Å². The highest BCUT2D eigenvalue weighted by atomic mass is 19.2. The zero-order valence-electron chi connectivity index (χ0n) is 13.7. The molecule has 1 saturated carbocycles. The van der Waals surface area contributed by atoms with Crippen LogP contribution in [0.15, 0.2) is 12.1 Å². The van der Waals surface area contributed by atoms with Crippen molar-refractivity contribution in [2.45, 2.75) is 52.4 Å². The fourth-order valence-electron chi connectivity index (χ4n) is 2.91. The van der Waals surface area contributed by atoms with Gasteiger partial charge in [0.05, 0.1) is 12.5 Å². The van der Waals surface area contributed by atoms with Gasteiger partial charge in [-0.3, -0.25) is 4.79 Å². The van der Waals surface area contributed by atoms with E-state index >= 15 is 0 Å². The van der Waals surface area contributed by atoms with Gasteiger partial charge in [0.25, 0.3) is 0 Å². The van der Waals surface area contributed by atoms with Gasteiger partial charge in [0.15, 0.2) is 11.5 Å². The van der Waals surface area contributed by atoms with E-state index < -0.39 is 17.6 Å². The lowest BCUT2D eigenvalue weighted by molar-refractivity contribution is -0.140. The van der Waals surface area contributed by atoms with Gasteiger partial charge in [-0.1, -0.05) is 20.3 Å². The number of carbonyl (C=O) groups excluding carboxylic acids is 1. The lowest BCUT2D eigenvalue weighted by Crippen LogP contribution is -2.25. The van der Waals surface area contributed by atoms with E-state index in [0.717, 1.165) is 32.1 Å². The first-order valence-corrected chi connectivity index (χ1v) is 8.39. The number of halogens is 2. The summed E-state index contributed by atoms with van der Waals surface area (Å²) < 4.78 is 38.1. The van der Waals surface area contributed by atoms with Gasteiger partial charge in [0.1, 0.15) is 0 Å². The Bertz CT molecular complexity index is 537. The van der Waals surface area contributed by atoms with Gasteiger partial charge in [0.2, 0.25) is 11.6 Å². The first-order valence-electron chi connectivity index (χ1n) is 8.39. The molecular weight excluding hydrogens is 302 g/mol. The Balaban J connectivity index is 2.00. The van der Waals surface area contributed by atoms with Crippen LogP contribution in [0.25, 0.3) is 0 Å². The highest BCUT2D eigenvalue weighted by Crippen LogP contribution is 2.33. The van der Waals surface area contributed by atoms with E-state index in [4.69, 9.17) is 9.47 Å². The number of ether oxygens (including phenoxy) is 2. The summed E-state index contributed by atoms with van der Waals surface area (Å²) in [5, 5.41) is 0. The van der Waals surface area contributed by atoms with Gasteiger partial charge in [-0.25, -0.2) is 0 Å². The van der Waals surface area contributed by atoms with Gasteiger partial charge in [-0.05, 0) is 50.2 Å². The van der Waals surface area contributed by atoms with Crippen molar-refractivity contribution in [3.8, 4) is 11.5 Å². The Morgan fingerprint density at radius 3 is 2.30 bits per heavy atom. The smallest absolute Gasteiger partial charge is 0.314 e. The first kappa shape index (κ1) is 17.7.